The molecule has 0 spiro atoms. The molecule has 0 aromatic carbocycles. The summed E-state index contributed by atoms with van der Waals surface area (Å²) in [5.41, 5.74) is -1.65. The second kappa shape index (κ2) is 12.1. The Hall–Kier alpha value is -1.82. The first kappa shape index (κ1) is 26.2. The average Bonchev–Trinajstić information content (AvgIpc) is 3.09. The van der Waals surface area contributed by atoms with Crippen LogP contribution in [0.4, 0.5) is 0 Å². The Labute approximate surface area is 180 Å². The first-order valence-corrected chi connectivity index (χ1v) is 11.1. The third-order valence-electron chi connectivity index (χ3n) is 6.24. The highest BCUT2D eigenvalue weighted by Crippen LogP contribution is 2.46. The number of allylic oxidation sites excluding steroid dienone is 1. The van der Waals surface area contributed by atoms with Gasteiger partial charge in [0.25, 0.3) is 0 Å². The number of ether oxygens (including phenoxy) is 1. The number of rotatable bonds is 14. The van der Waals surface area contributed by atoms with Crippen molar-refractivity contribution in [1.29, 1.82) is 0 Å². The average molecular weight is 423 g/mol. The predicted octanol–water partition coefficient (Wildman–Crippen LogP) is 3.98. The van der Waals surface area contributed by atoms with Crippen LogP contribution in [0.5, 0.6) is 0 Å². The molecule has 0 heterocycles. The number of aliphatic hydroxyl groups is 1. The van der Waals surface area contributed by atoms with Gasteiger partial charge in [-0.15, -0.1) is 0 Å². The summed E-state index contributed by atoms with van der Waals surface area (Å²) < 4.78 is 4.87. The monoisotopic (exact) mass is 422 g/mol. The highest BCUT2D eigenvalue weighted by molar-refractivity contribution is 6.17. The fraction of sp³-hybridized carbons (Fsp3) is 0.750. The van der Waals surface area contributed by atoms with Crippen molar-refractivity contribution in [3.8, 4) is 0 Å². The minimum Gasteiger partial charge on any atom is -0.468 e. The molecule has 30 heavy (non-hydrogen) atoms. The summed E-state index contributed by atoms with van der Waals surface area (Å²) in [6, 6.07) is 0. The van der Waals surface area contributed by atoms with Crippen molar-refractivity contribution in [3.05, 3.63) is 12.2 Å². The summed E-state index contributed by atoms with van der Waals surface area (Å²) in [4.78, 5) is 51.9. The van der Waals surface area contributed by atoms with Gasteiger partial charge in [0.05, 0.1) is 7.11 Å². The topological polar surface area (TPSA) is 97.7 Å². The molecule has 2 atom stereocenters. The van der Waals surface area contributed by atoms with Crippen molar-refractivity contribution in [1.82, 2.24) is 0 Å². The third kappa shape index (κ3) is 6.59. The number of Topliss-reactive ketones (excluding diaryl/α,β-unsaturated/α-hetero) is 3. The number of carbonyl (C=O) groups excluding carboxylic acids is 4. The second-order valence-electron chi connectivity index (χ2n) is 9.05. The molecule has 170 valence electrons. The van der Waals surface area contributed by atoms with E-state index in [0.29, 0.717) is 19.3 Å². The number of ketones is 3. The molecule has 0 saturated heterocycles. The molecule has 1 rings (SSSR count). The molecule has 1 fully saturated rings. The van der Waals surface area contributed by atoms with Gasteiger partial charge in [-0.2, -0.15) is 0 Å². The first-order chi connectivity index (χ1) is 14.2. The van der Waals surface area contributed by atoms with Crippen molar-refractivity contribution in [3.63, 3.8) is 0 Å². The van der Waals surface area contributed by atoms with Crippen LogP contribution in [0.15, 0.2) is 12.2 Å². The first-order valence-electron chi connectivity index (χ1n) is 11.1. The van der Waals surface area contributed by atoms with Gasteiger partial charge < -0.3 is 9.84 Å². The number of methoxy groups -OCH3 is 1. The van der Waals surface area contributed by atoms with Gasteiger partial charge in [0, 0.05) is 25.9 Å². The Morgan fingerprint density at radius 3 is 2.47 bits per heavy atom. The van der Waals surface area contributed by atoms with Gasteiger partial charge >= 0.3 is 5.97 Å². The zero-order valence-corrected chi connectivity index (χ0v) is 19.0. The van der Waals surface area contributed by atoms with Crippen LogP contribution in [0.25, 0.3) is 0 Å². The van der Waals surface area contributed by atoms with Crippen LogP contribution in [0.2, 0.25) is 0 Å². The van der Waals surface area contributed by atoms with E-state index in [1.54, 1.807) is 12.2 Å². The van der Waals surface area contributed by atoms with E-state index in [1.807, 2.05) is 0 Å². The number of aliphatic hydroxyl groups excluding tert-OH is 1. The normalized spacial score (nSPS) is 20.5. The lowest BCUT2D eigenvalue weighted by Crippen LogP contribution is -2.50. The highest BCUT2D eigenvalue weighted by Gasteiger charge is 2.58. The summed E-state index contributed by atoms with van der Waals surface area (Å²) in [6.07, 6.45) is 8.33. The van der Waals surface area contributed by atoms with Crippen LogP contribution in [0.3, 0.4) is 0 Å². The quantitative estimate of drug-likeness (QED) is 0.258. The number of hydrogen-bond donors (Lipinski definition) is 1. The number of hydrogen-bond acceptors (Lipinski definition) is 6. The van der Waals surface area contributed by atoms with E-state index in [2.05, 4.69) is 20.8 Å². The van der Waals surface area contributed by atoms with E-state index in [-0.39, 0.29) is 49.3 Å². The minimum absolute atomic E-state index is 0.0418. The maximum atomic E-state index is 13.4. The van der Waals surface area contributed by atoms with Crippen molar-refractivity contribution in [2.75, 3.05) is 13.7 Å². The Kier molecular flexibility index (Phi) is 10.6. The fourth-order valence-corrected chi connectivity index (χ4v) is 4.34. The molecule has 0 unspecified atom stereocenters. The Morgan fingerprint density at radius 2 is 1.93 bits per heavy atom. The molecule has 0 amide bonds. The van der Waals surface area contributed by atoms with Crippen LogP contribution in [0, 0.1) is 16.7 Å². The lowest BCUT2D eigenvalue weighted by molar-refractivity contribution is -0.163. The number of unbranched alkanes of at least 4 members (excludes halogenated alkanes) is 1. The maximum absolute atomic E-state index is 13.4. The molecule has 1 N–H and O–H groups in total. The van der Waals surface area contributed by atoms with Crippen molar-refractivity contribution in [2.24, 2.45) is 16.7 Å². The standard InChI is InChI=1S/C24H38O6/c1-5-6-14-23(2,3)16-13-20(28)24(15-10-12-19(24)27)21(22(29)30-4)18(26)11-8-7-9-17-25/h7-8,21,25H,5-6,9-17H2,1-4H3/t21-,24+/m0/s1. The third-order valence-corrected chi connectivity index (χ3v) is 6.24. The Balaban J connectivity index is 3.14. The van der Waals surface area contributed by atoms with Crippen molar-refractivity contribution in [2.45, 2.75) is 85.0 Å². The minimum atomic E-state index is -1.60. The largest absolute Gasteiger partial charge is 0.468 e. The molecule has 6 nitrogen and oxygen atoms in total. The maximum Gasteiger partial charge on any atom is 0.317 e. The van der Waals surface area contributed by atoms with Gasteiger partial charge in [-0.05, 0) is 37.5 Å². The summed E-state index contributed by atoms with van der Waals surface area (Å²) in [5.74, 6) is -3.32. The summed E-state index contributed by atoms with van der Waals surface area (Å²) in [5, 5.41) is 8.87. The number of carbonyl (C=O) groups is 4. The second-order valence-corrected chi connectivity index (χ2v) is 9.05. The molecular weight excluding hydrogens is 384 g/mol. The molecule has 0 aromatic heterocycles. The van der Waals surface area contributed by atoms with Crippen molar-refractivity contribution < 1.29 is 29.0 Å². The van der Waals surface area contributed by atoms with E-state index in [0.717, 1.165) is 19.3 Å². The van der Waals surface area contributed by atoms with E-state index in [1.165, 1.54) is 7.11 Å². The molecule has 1 aliphatic carbocycles. The zero-order chi connectivity index (χ0) is 22.8. The SMILES string of the molecule is CCCCC(C)(C)CCC(=O)[C@@]1([C@@H](C(=O)CC=CCCO)C(=O)OC)CCCC1=O. The van der Waals surface area contributed by atoms with E-state index in [9.17, 15) is 19.2 Å². The van der Waals surface area contributed by atoms with Gasteiger partial charge in [0.1, 0.15) is 22.9 Å². The summed E-state index contributed by atoms with van der Waals surface area (Å²) in [7, 11) is 1.18. The number of esters is 1. The fourth-order valence-electron chi connectivity index (χ4n) is 4.34. The van der Waals surface area contributed by atoms with Gasteiger partial charge in [0.2, 0.25) is 0 Å². The van der Waals surface area contributed by atoms with Crippen LogP contribution in [-0.4, -0.2) is 42.1 Å². The summed E-state index contributed by atoms with van der Waals surface area (Å²) >= 11 is 0. The Bertz CT molecular complexity index is 648. The van der Waals surface area contributed by atoms with Gasteiger partial charge in [0.15, 0.2) is 5.78 Å². The lowest BCUT2D eigenvalue weighted by Gasteiger charge is -2.33. The molecule has 1 saturated carbocycles. The van der Waals surface area contributed by atoms with Crippen LogP contribution in [-0.2, 0) is 23.9 Å². The van der Waals surface area contributed by atoms with E-state index >= 15 is 0 Å². The lowest BCUT2D eigenvalue weighted by atomic mass is 9.65. The van der Waals surface area contributed by atoms with Crippen molar-refractivity contribution >= 4 is 23.3 Å². The van der Waals surface area contributed by atoms with Crippen LogP contribution >= 0.6 is 0 Å². The molecular formula is C24H38O6. The molecule has 1 aliphatic rings. The molecule has 0 radical (unpaired) electrons. The molecule has 0 aliphatic heterocycles. The van der Waals surface area contributed by atoms with E-state index in [4.69, 9.17) is 9.84 Å². The van der Waals surface area contributed by atoms with Crippen LogP contribution < -0.4 is 0 Å². The Morgan fingerprint density at radius 1 is 1.23 bits per heavy atom. The summed E-state index contributed by atoms with van der Waals surface area (Å²) in [6.45, 7) is 6.29. The zero-order valence-electron chi connectivity index (χ0n) is 19.0. The highest BCUT2D eigenvalue weighted by atomic mass is 16.5. The smallest absolute Gasteiger partial charge is 0.317 e. The van der Waals surface area contributed by atoms with Gasteiger partial charge in [-0.25, -0.2) is 0 Å². The van der Waals surface area contributed by atoms with Crippen LogP contribution in [0.1, 0.15) is 85.0 Å². The predicted molar refractivity (Wildman–Crippen MR) is 115 cm³/mol. The van der Waals surface area contributed by atoms with Gasteiger partial charge in [-0.1, -0.05) is 45.8 Å². The van der Waals surface area contributed by atoms with E-state index < -0.39 is 23.1 Å². The molecule has 0 aromatic rings. The molecule has 0 bridgehead atoms. The van der Waals surface area contributed by atoms with Gasteiger partial charge in [-0.3, -0.25) is 19.2 Å². The molecule has 6 heteroatoms.